The molecule has 0 bridgehead atoms. The monoisotopic (exact) mass is 1160 g/mol. The van der Waals surface area contributed by atoms with E-state index >= 15 is 0 Å². The number of hydrogen-bond donors (Lipinski definition) is 0. The summed E-state index contributed by atoms with van der Waals surface area (Å²) in [5, 5.41) is 1.03. The van der Waals surface area contributed by atoms with Crippen LogP contribution < -0.4 is 0 Å². The van der Waals surface area contributed by atoms with E-state index in [4.69, 9.17) is 0 Å². The molecule has 8 heterocycles. The van der Waals surface area contributed by atoms with E-state index in [1.807, 2.05) is 282 Å². The zero-order chi connectivity index (χ0) is 38.1. The van der Waals surface area contributed by atoms with Crippen molar-refractivity contribution in [2.45, 2.75) is 0 Å². The second-order valence-corrected chi connectivity index (χ2v) is 38.8. The molecule has 0 fully saturated rings. The van der Waals surface area contributed by atoms with Crippen LogP contribution in [-0.2, 0) is 0 Å². The molecule has 0 unspecified atom stereocenters. The second-order valence-electron chi connectivity index (χ2n) is 9.81. The fourth-order valence-electron chi connectivity index (χ4n) is 4.26. The summed E-state index contributed by atoms with van der Waals surface area (Å²) < 4.78 is 28.7. The van der Waals surface area contributed by atoms with E-state index in [1.165, 1.54) is 84.7 Å². The molecular weight excluding hydrogens is 1140 g/mol. The first kappa shape index (κ1) is 46.8. The smallest absolute Gasteiger partial charge is 0.0718 e. The van der Waals surface area contributed by atoms with Gasteiger partial charge in [-0.25, -0.2) is 0 Å². The third-order valence-corrected chi connectivity index (χ3v) is 39.8. The molecule has 0 aromatic rings. The Morgan fingerprint density at radius 1 is 0.273 bits per heavy atom. The predicted molar refractivity (Wildman–Crippen MR) is 311 cm³/mol. The van der Waals surface area contributed by atoms with Gasteiger partial charge in [-0.15, -0.1) is 94.1 Å². The third kappa shape index (κ3) is 11.6. The Morgan fingerprint density at radius 2 is 0.491 bits per heavy atom. The topological polar surface area (TPSA) is 0 Å². The van der Waals surface area contributed by atoms with Gasteiger partial charge in [-0.3, -0.25) is 0 Å². The van der Waals surface area contributed by atoms with Crippen molar-refractivity contribution in [1.82, 2.24) is 0 Å². The molecule has 0 saturated heterocycles. The quantitative estimate of drug-likeness (QED) is 0.170. The summed E-state index contributed by atoms with van der Waals surface area (Å²) in [6.07, 6.45) is 22.6. The molecule has 55 heavy (non-hydrogen) atoms. The molecular formula is C31H24S24. The first-order valence-electron chi connectivity index (χ1n) is 15.0. The van der Waals surface area contributed by atoms with E-state index in [2.05, 4.69) is 61.8 Å². The van der Waals surface area contributed by atoms with Gasteiger partial charge in [0.2, 0.25) is 0 Å². The van der Waals surface area contributed by atoms with Gasteiger partial charge in [0.25, 0.3) is 0 Å². The molecule has 8 aliphatic heterocycles. The van der Waals surface area contributed by atoms with E-state index in [0.717, 1.165) is 5.08 Å². The van der Waals surface area contributed by atoms with E-state index in [9.17, 15) is 0 Å². The van der Waals surface area contributed by atoms with E-state index < -0.39 is 0 Å². The molecule has 0 saturated carbocycles. The number of allylic oxidation sites excluding steroid dienone is 4. The van der Waals surface area contributed by atoms with Crippen molar-refractivity contribution in [3.63, 3.8) is 0 Å². The maximum atomic E-state index is 2.34. The van der Waals surface area contributed by atoms with Gasteiger partial charge in [0.1, 0.15) is 0 Å². The van der Waals surface area contributed by atoms with Gasteiger partial charge in [-0.2, -0.15) is 0 Å². The maximum Gasteiger partial charge on any atom is 0.0718 e. The predicted octanol–water partition coefficient (Wildman–Crippen LogP) is 20.8. The van der Waals surface area contributed by atoms with Gasteiger partial charge < -0.3 is 0 Å². The van der Waals surface area contributed by atoms with Crippen molar-refractivity contribution in [3.8, 4) is 0 Å². The molecule has 0 aromatic carbocycles. The van der Waals surface area contributed by atoms with Gasteiger partial charge in [0.05, 0.1) is 84.7 Å². The molecule has 292 valence electrons. The van der Waals surface area contributed by atoms with Crippen LogP contribution in [0.25, 0.3) is 0 Å². The van der Waals surface area contributed by atoms with Crippen LogP contribution in [0, 0.1) is 0 Å². The fourth-order valence-corrected chi connectivity index (χ4v) is 38.2. The normalized spacial score (nSPS) is 24.5. The summed E-state index contributed by atoms with van der Waals surface area (Å²) in [6.45, 7) is 0. The summed E-state index contributed by atoms with van der Waals surface area (Å²) >= 11 is 46.5. The molecule has 0 aromatic heterocycles. The highest BCUT2D eigenvalue weighted by molar-refractivity contribution is 8.51. The SMILES string of the molecule is CSC1=C(SCSC2=C(SC)SC(=CC=C3SC4=C(S3)SC(=C3SC(SC)=C(SC)S3)S4)S2)SC(=CC=C2SC3=C(S2)SC(=C2SC(SC)=C(SC)S2)S3)S1. The molecule has 0 nitrogen and oxygen atoms in total. The first-order chi connectivity index (χ1) is 26.9. The third-order valence-electron chi connectivity index (χ3n) is 6.57. The Morgan fingerprint density at radius 3 is 0.782 bits per heavy atom. The lowest BCUT2D eigenvalue weighted by Gasteiger charge is -2.05. The van der Waals surface area contributed by atoms with Gasteiger partial charge >= 0.3 is 0 Å². The Bertz CT molecular complexity index is 1820. The summed E-state index contributed by atoms with van der Waals surface area (Å²) in [7, 11) is 0. The van der Waals surface area contributed by atoms with Crippen LogP contribution in [0.4, 0.5) is 0 Å². The van der Waals surface area contributed by atoms with Crippen LogP contribution in [0.2, 0.25) is 0 Å². The molecule has 24 heteroatoms. The zero-order valence-electron chi connectivity index (χ0n) is 28.8. The van der Waals surface area contributed by atoms with Crippen molar-refractivity contribution in [2.75, 3.05) is 42.6 Å². The Balaban J connectivity index is 0.789. The molecule has 8 aliphatic rings. The lowest BCUT2D eigenvalue weighted by Crippen LogP contribution is -1.74. The van der Waals surface area contributed by atoms with Gasteiger partial charge in [0.15, 0.2) is 0 Å². The van der Waals surface area contributed by atoms with Crippen molar-refractivity contribution < 1.29 is 0 Å². The lowest BCUT2D eigenvalue weighted by atomic mass is 10.6. The van der Waals surface area contributed by atoms with Crippen LogP contribution in [0.5, 0.6) is 0 Å². The van der Waals surface area contributed by atoms with Crippen molar-refractivity contribution >= 4 is 282 Å². The molecule has 0 spiro atoms. The molecule has 0 atom stereocenters. The Labute approximate surface area is 426 Å². The average Bonchev–Trinajstić information content (AvgIpc) is 4.05. The van der Waals surface area contributed by atoms with Gasteiger partial charge in [0, 0.05) is 5.08 Å². The van der Waals surface area contributed by atoms with Crippen LogP contribution in [0.1, 0.15) is 0 Å². The Kier molecular flexibility index (Phi) is 19.3. The van der Waals surface area contributed by atoms with Crippen LogP contribution in [0.3, 0.4) is 0 Å². The van der Waals surface area contributed by atoms with Crippen LogP contribution in [0.15, 0.2) is 109 Å². The van der Waals surface area contributed by atoms with Crippen molar-refractivity contribution in [1.29, 1.82) is 0 Å². The largest absolute Gasteiger partial charge is 0.121 e. The molecule has 0 radical (unpaired) electrons. The van der Waals surface area contributed by atoms with E-state index in [1.54, 1.807) is 0 Å². The standard InChI is InChI=1S/C31H24S24/c1-32-16-17(33-2)49-28(48-16)30-52-24-25(53-30)45-14(44-24)9-7-12-40-20(36-5)22(42-12)38-11-39-23-21(37-6)41-13(43-23)8-10-15-46-26-27(47-15)55-31(54-26)29-50-18(34-3)19(35-4)51-29/h7-10H,11H2,1-6H3. The van der Waals surface area contributed by atoms with Crippen molar-refractivity contribution in [2.24, 2.45) is 0 Å². The minimum atomic E-state index is 1.03. The van der Waals surface area contributed by atoms with Crippen molar-refractivity contribution in [3.05, 3.63) is 109 Å². The average molecular weight is 1170 g/mol. The minimum Gasteiger partial charge on any atom is -0.121 e. The number of hydrogen-bond acceptors (Lipinski definition) is 24. The van der Waals surface area contributed by atoms with Gasteiger partial charge in [-0.05, 0) is 61.8 Å². The Hall–Kier alpha value is 5.28. The lowest BCUT2D eigenvalue weighted by molar-refractivity contribution is 2.05. The van der Waals surface area contributed by atoms with E-state index in [-0.39, 0.29) is 0 Å². The number of thioether (sulfide) groups is 24. The first-order valence-corrected chi connectivity index (χ1v) is 37.4. The second kappa shape index (κ2) is 22.7. The highest BCUT2D eigenvalue weighted by atomic mass is 32.3. The number of rotatable bonds is 12. The summed E-state index contributed by atoms with van der Waals surface area (Å²) in [5.41, 5.74) is 0. The summed E-state index contributed by atoms with van der Waals surface area (Å²) in [4.78, 5) is 0. The van der Waals surface area contributed by atoms with E-state index in [0.29, 0.717) is 0 Å². The summed E-state index contributed by atoms with van der Waals surface area (Å²) in [6, 6.07) is 0. The fraction of sp³-hybridized carbons (Fsp3) is 0.226. The molecule has 0 aliphatic carbocycles. The van der Waals surface area contributed by atoms with Crippen LogP contribution in [-0.4, -0.2) is 42.6 Å². The highest BCUT2D eigenvalue weighted by Crippen LogP contribution is 2.72. The summed E-state index contributed by atoms with van der Waals surface area (Å²) in [5.74, 6) is 0. The molecule has 8 rings (SSSR count). The molecule has 0 amide bonds. The maximum absolute atomic E-state index is 2.34. The highest BCUT2D eigenvalue weighted by Gasteiger charge is 2.36. The van der Waals surface area contributed by atoms with Gasteiger partial charge in [-0.1, -0.05) is 188 Å². The van der Waals surface area contributed by atoms with Crippen LogP contribution >= 0.6 is 282 Å². The minimum absolute atomic E-state index is 1.03. The molecule has 0 N–H and O–H groups in total. The zero-order valence-corrected chi connectivity index (χ0v) is 48.4.